The van der Waals surface area contributed by atoms with E-state index >= 15 is 0 Å². The smallest absolute Gasteiger partial charge is 0.268 e. The fraction of sp³-hybridized carbons (Fsp3) is 0.583. The lowest BCUT2D eigenvalue weighted by molar-refractivity contribution is 0.0858. The van der Waals surface area contributed by atoms with Crippen molar-refractivity contribution >= 4 is 15.9 Å². The number of aryl methyl sites for hydroxylation is 1. The first-order valence-electron chi connectivity index (χ1n) is 6.15. The molecule has 1 aromatic rings. The van der Waals surface area contributed by atoms with Crippen molar-refractivity contribution in [3.63, 3.8) is 0 Å². The van der Waals surface area contributed by atoms with Crippen LogP contribution in [0.1, 0.15) is 24.3 Å². The summed E-state index contributed by atoms with van der Waals surface area (Å²) in [6.07, 6.45) is 1.31. The van der Waals surface area contributed by atoms with Gasteiger partial charge in [-0.25, -0.2) is 13.6 Å². The molecule has 1 aromatic heterocycles. The van der Waals surface area contributed by atoms with Crippen molar-refractivity contribution in [2.75, 3.05) is 13.7 Å². The van der Waals surface area contributed by atoms with Gasteiger partial charge in [0.15, 0.2) is 0 Å². The van der Waals surface area contributed by atoms with Gasteiger partial charge < -0.3 is 14.6 Å². The van der Waals surface area contributed by atoms with Crippen LogP contribution in [0, 0.1) is 5.92 Å². The first kappa shape index (κ1) is 16.7. The van der Waals surface area contributed by atoms with Gasteiger partial charge in [-0.05, 0) is 12.0 Å². The molecule has 1 amide bonds. The number of nitrogens with two attached hydrogens (primary N) is 1. The van der Waals surface area contributed by atoms with Gasteiger partial charge in [0.05, 0.1) is 12.6 Å². The number of primary sulfonamides is 1. The van der Waals surface area contributed by atoms with E-state index in [9.17, 15) is 13.2 Å². The Hall–Kier alpha value is -1.38. The zero-order valence-electron chi connectivity index (χ0n) is 12.1. The number of methoxy groups -OCH3 is 1. The Morgan fingerprint density at radius 1 is 1.50 bits per heavy atom. The number of amides is 1. The molecule has 8 heteroatoms. The van der Waals surface area contributed by atoms with Gasteiger partial charge in [-0.2, -0.15) is 0 Å². The normalized spacial score (nSPS) is 13.5. The predicted molar refractivity (Wildman–Crippen MR) is 74.8 cm³/mol. The molecule has 0 radical (unpaired) electrons. The topological polar surface area (TPSA) is 103 Å². The number of ether oxygens (including phenoxy) is 1. The second-order valence-electron chi connectivity index (χ2n) is 5.00. The summed E-state index contributed by atoms with van der Waals surface area (Å²) in [5.41, 5.74) is 0.232. The van der Waals surface area contributed by atoms with Gasteiger partial charge in [0.1, 0.15) is 10.6 Å². The minimum Gasteiger partial charge on any atom is -0.383 e. The molecule has 20 heavy (non-hydrogen) atoms. The lowest BCUT2D eigenvalue weighted by Crippen LogP contribution is -2.42. The maximum absolute atomic E-state index is 12.2. The summed E-state index contributed by atoms with van der Waals surface area (Å²) < 4.78 is 29.0. The number of nitrogens with one attached hydrogen (secondary N) is 1. The van der Waals surface area contributed by atoms with E-state index in [2.05, 4.69) is 5.32 Å². The second kappa shape index (κ2) is 6.38. The quantitative estimate of drug-likeness (QED) is 0.776. The number of sulfonamides is 1. The Morgan fingerprint density at radius 3 is 2.50 bits per heavy atom. The standard InChI is InChI=1S/C12H21N3O4S/c1-8(2)10(7-19-4)14-12(16)11-5-9(6-15(11)3)20(13,17)18/h5-6,8,10H,7H2,1-4H3,(H,14,16)(H2,13,17,18). The minimum atomic E-state index is -3.82. The summed E-state index contributed by atoms with van der Waals surface area (Å²) in [7, 11) is -0.672. The van der Waals surface area contributed by atoms with E-state index in [1.54, 1.807) is 14.2 Å². The fourth-order valence-electron chi connectivity index (χ4n) is 1.74. The molecule has 0 saturated heterocycles. The van der Waals surface area contributed by atoms with E-state index in [0.717, 1.165) is 0 Å². The van der Waals surface area contributed by atoms with Gasteiger partial charge in [0.25, 0.3) is 5.91 Å². The first-order valence-corrected chi connectivity index (χ1v) is 7.70. The zero-order chi connectivity index (χ0) is 15.5. The molecule has 3 N–H and O–H groups in total. The Balaban J connectivity index is 2.95. The van der Waals surface area contributed by atoms with E-state index in [4.69, 9.17) is 9.88 Å². The molecule has 1 heterocycles. The van der Waals surface area contributed by atoms with Crippen LogP contribution >= 0.6 is 0 Å². The van der Waals surface area contributed by atoms with Gasteiger partial charge in [0, 0.05) is 20.4 Å². The van der Waals surface area contributed by atoms with Gasteiger partial charge in [-0.3, -0.25) is 4.79 Å². The molecule has 0 spiro atoms. The number of hydrogen-bond acceptors (Lipinski definition) is 4. The lowest BCUT2D eigenvalue weighted by atomic mass is 10.1. The summed E-state index contributed by atoms with van der Waals surface area (Å²) in [5, 5.41) is 7.86. The van der Waals surface area contributed by atoms with E-state index in [-0.39, 0.29) is 28.5 Å². The summed E-state index contributed by atoms with van der Waals surface area (Å²) in [6.45, 7) is 4.31. The van der Waals surface area contributed by atoms with Gasteiger partial charge >= 0.3 is 0 Å². The minimum absolute atomic E-state index is 0.0852. The summed E-state index contributed by atoms with van der Waals surface area (Å²) >= 11 is 0. The highest BCUT2D eigenvalue weighted by Gasteiger charge is 2.21. The summed E-state index contributed by atoms with van der Waals surface area (Å²) in [4.78, 5) is 12.1. The van der Waals surface area contributed by atoms with Gasteiger partial charge in [-0.1, -0.05) is 13.8 Å². The molecule has 0 bridgehead atoms. The highest BCUT2D eigenvalue weighted by atomic mass is 32.2. The Morgan fingerprint density at radius 2 is 2.10 bits per heavy atom. The van der Waals surface area contributed by atoms with Crippen LogP contribution in [-0.4, -0.2) is 38.7 Å². The molecule has 1 atom stereocenters. The van der Waals surface area contributed by atoms with E-state index < -0.39 is 10.0 Å². The van der Waals surface area contributed by atoms with Crippen LogP contribution in [0.3, 0.4) is 0 Å². The number of rotatable bonds is 6. The highest BCUT2D eigenvalue weighted by Crippen LogP contribution is 2.12. The third-order valence-corrected chi connectivity index (χ3v) is 3.89. The van der Waals surface area contributed by atoms with Crippen molar-refractivity contribution < 1.29 is 17.9 Å². The maximum atomic E-state index is 12.2. The molecule has 0 fully saturated rings. The average molecular weight is 303 g/mol. The summed E-state index contributed by atoms with van der Waals surface area (Å²) in [6, 6.07) is 1.11. The monoisotopic (exact) mass is 303 g/mol. The van der Waals surface area contributed by atoms with Gasteiger partial charge in [0.2, 0.25) is 10.0 Å². The molecule has 1 rings (SSSR count). The number of nitrogens with zero attached hydrogens (tertiary/aromatic N) is 1. The van der Waals surface area contributed by atoms with Crippen LogP contribution in [0.25, 0.3) is 0 Å². The third kappa shape index (κ3) is 4.06. The second-order valence-corrected chi connectivity index (χ2v) is 6.56. The maximum Gasteiger partial charge on any atom is 0.268 e. The van der Waals surface area contributed by atoms with Crippen molar-refractivity contribution in [2.45, 2.75) is 24.8 Å². The molecule has 0 aliphatic heterocycles. The predicted octanol–water partition coefficient (Wildman–Crippen LogP) is 0.0733. The van der Waals surface area contributed by atoms with Crippen molar-refractivity contribution in [3.8, 4) is 0 Å². The number of hydrogen-bond donors (Lipinski definition) is 2. The van der Waals surface area contributed by atoms with Crippen molar-refractivity contribution in [1.29, 1.82) is 0 Å². The largest absolute Gasteiger partial charge is 0.383 e. The van der Waals surface area contributed by atoms with E-state index in [1.807, 2.05) is 13.8 Å². The Kier molecular flexibility index (Phi) is 5.32. The number of aromatic nitrogens is 1. The van der Waals surface area contributed by atoms with Crippen molar-refractivity contribution in [3.05, 3.63) is 18.0 Å². The molecular formula is C12H21N3O4S. The Bertz CT molecular complexity index is 578. The fourth-order valence-corrected chi connectivity index (χ4v) is 2.32. The zero-order valence-corrected chi connectivity index (χ0v) is 12.9. The van der Waals surface area contributed by atoms with Crippen molar-refractivity contribution in [2.24, 2.45) is 18.1 Å². The molecule has 7 nitrogen and oxygen atoms in total. The van der Waals surface area contributed by atoms with Gasteiger partial charge in [-0.15, -0.1) is 0 Å². The van der Waals surface area contributed by atoms with Crippen LogP contribution in [0.2, 0.25) is 0 Å². The third-order valence-electron chi connectivity index (χ3n) is 3.01. The van der Waals surface area contributed by atoms with E-state index in [1.165, 1.54) is 16.8 Å². The van der Waals surface area contributed by atoms with Crippen LogP contribution in [0.5, 0.6) is 0 Å². The molecule has 114 valence electrons. The molecule has 0 aliphatic rings. The first-order chi connectivity index (χ1) is 9.16. The molecule has 1 unspecified atom stereocenters. The van der Waals surface area contributed by atoms with Crippen LogP contribution in [0.4, 0.5) is 0 Å². The molecule has 0 saturated carbocycles. The summed E-state index contributed by atoms with van der Waals surface area (Å²) in [5.74, 6) is -0.171. The highest BCUT2D eigenvalue weighted by molar-refractivity contribution is 7.89. The Labute approximate surface area is 119 Å². The number of carbonyl (C=O) groups is 1. The lowest BCUT2D eigenvalue weighted by Gasteiger charge is -2.21. The van der Waals surface area contributed by atoms with Crippen LogP contribution in [0.15, 0.2) is 17.2 Å². The van der Waals surface area contributed by atoms with Crippen LogP contribution < -0.4 is 10.5 Å². The SMILES string of the molecule is COCC(NC(=O)c1cc(S(N)(=O)=O)cn1C)C(C)C. The van der Waals surface area contributed by atoms with Crippen LogP contribution in [-0.2, 0) is 21.8 Å². The number of carbonyl (C=O) groups excluding carboxylic acids is 1. The molecule has 0 aliphatic carbocycles. The molecular weight excluding hydrogens is 282 g/mol. The molecule has 0 aromatic carbocycles. The average Bonchev–Trinajstić information content (AvgIpc) is 2.70. The van der Waals surface area contributed by atoms with E-state index in [0.29, 0.717) is 6.61 Å². The van der Waals surface area contributed by atoms with Crippen molar-refractivity contribution in [1.82, 2.24) is 9.88 Å².